The molecular weight excluding hydrogens is 264 g/mol. The fourth-order valence-corrected chi connectivity index (χ4v) is 4.13. The van der Waals surface area contributed by atoms with Crippen LogP contribution in [0.5, 0.6) is 0 Å². The molecule has 1 aromatic rings. The third-order valence-electron chi connectivity index (χ3n) is 5.37. The minimum absolute atomic E-state index is 0.312. The molecule has 4 heteroatoms. The summed E-state index contributed by atoms with van der Waals surface area (Å²) >= 11 is 0. The molecule has 0 aromatic carbocycles. The molecule has 0 atom stereocenters. The molecule has 0 aliphatic heterocycles. The van der Waals surface area contributed by atoms with Gasteiger partial charge in [0.15, 0.2) is 8.32 Å². The van der Waals surface area contributed by atoms with Gasteiger partial charge < -0.3 is 8.99 Å². The van der Waals surface area contributed by atoms with Crippen LogP contribution in [0.25, 0.3) is 0 Å². The first-order valence-corrected chi connectivity index (χ1v) is 10.9. The van der Waals surface area contributed by atoms with Crippen LogP contribution in [0, 0.1) is 0 Å². The van der Waals surface area contributed by atoms with Crippen LogP contribution in [0.3, 0.4) is 0 Å². The molecule has 1 heterocycles. The fourth-order valence-electron chi connectivity index (χ4n) is 2.75. The van der Waals surface area contributed by atoms with Gasteiger partial charge in [-0.3, -0.25) is 0 Å². The summed E-state index contributed by atoms with van der Waals surface area (Å²) in [5.74, 6) is 2.06. The molecule has 1 aromatic heterocycles. The zero-order valence-corrected chi connectivity index (χ0v) is 14.5. The van der Waals surface area contributed by atoms with Crippen molar-refractivity contribution >= 4 is 8.32 Å². The fraction of sp³-hybridized carbons (Fsp3) is 0.812. The lowest BCUT2D eigenvalue weighted by Gasteiger charge is -2.45. The summed E-state index contributed by atoms with van der Waals surface area (Å²) in [6.45, 7) is 11.7. The van der Waals surface area contributed by atoms with Gasteiger partial charge in [0.25, 0.3) is 0 Å². The third-order valence-corrected chi connectivity index (χ3v) is 9.91. The van der Waals surface area contributed by atoms with E-state index in [0.29, 0.717) is 17.2 Å². The summed E-state index contributed by atoms with van der Waals surface area (Å²) in [5.41, 5.74) is 0. The van der Waals surface area contributed by atoms with Gasteiger partial charge in [-0.1, -0.05) is 20.8 Å². The zero-order chi connectivity index (χ0) is 14.5. The summed E-state index contributed by atoms with van der Waals surface area (Å²) in [5, 5.41) is 0.312. The highest BCUT2D eigenvalue weighted by molar-refractivity contribution is 6.74. The number of hydrogen-bond acceptors (Lipinski definition) is 2. The van der Waals surface area contributed by atoms with Crippen molar-refractivity contribution in [1.82, 2.24) is 9.55 Å². The van der Waals surface area contributed by atoms with E-state index >= 15 is 0 Å². The van der Waals surface area contributed by atoms with Gasteiger partial charge in [0.2, 0.25) is 0 Å². The predicted octanol–water partition coefficient (Wildman–Crippen LogP) is 4.49. The van der Waals surface area contributed by atoms with Crippen molar-refractivity contribution in [1.29, 1.82) is 0 Å². The molecule has 0 radical (unpaired) electrons. The molecule has 3 nitrogen and oxygen atoms in total. The number of rotatable bonds is 4. The summed E-state index contributed by atoms with van der Waals surface area (Å²) in [4.78, 5) is 4.55. The van der Waals surface area contributed by atoms with E-state index in [1.807, 2.05) is 6.20 Å². The lowest BCUT2D eigenvalue weighted by molar-refractivity contribution is 0.0567. The van der Waals surface area contributed by atoms with Crippen molar-refractivity contribution in [3.8, 4) is 0 Å². The van der Waals surface area contributed by atoms with E-state index in [9.17, 15) is 0 Å². The number of hydrogen-bond donors (Lipinski definition) is 0. The van der Waals surface area contributed by atoms with Crippen molar-refractivity contribution < 1.29 is 4.43 Å². The van der Waals surface area contributed by atoms with Crippen molar-refractivity contribution in [3.05, 3.63) is 18.2 Å². The molecule has 20 heavy (non-hydrogen) atoms. The molecule has 2 fully saturated rings. The zero-order valence-electron chi connectivity index (χ0n) is 13.5. The maximum absolute atomic E-state index is 6.49. The summed E-state index contributed by atoms with van der Waals surface area (Å²) in [6, 6.07) is 0.628. The molecule has 0 unspecified atom stereocenters. The Morgan fingerprint density at radius 2 is 1.90 bits per heavy atom. The van der Waals surface area contributed by atoms with Gasteiger partial charge in [-0.15, -0.1) is 0 Å². The first kappa shape index (κ1) is 14.3. The highest BCUT2D eigenvalue weighted by Crippen LogP contribution is 2.45. The number of nitrogens with zero attached hydrogens (tertiary/aromatic N) is 2. The molecule has 2 saturated carbocycles. The van der Waals surface area contributed by atoms with Crippen LogP contribution in [0.15, 0.2) is 12.4 Å². The Kier molecular flexibility index (Phi) is 3.37. The standard InChI is InChI=1S/C16H28N2OSi/c1-16(2,3)20(4,5)19-14-10-13(11-14)18-9-8-17-15(18)12-6-7-12/h8-9,12-14H,6-7,10-11H2,1-5H3. The quantitative estimate of drug-likeness (QED) is 0.765. The van der Waals surface area contributed by atoms with E-state index in [1.54, 1.807) is 0 Å². The average molecular weight is 292 g/mol. The van der Waals surface area contributed by atoms with E-state index in [0.717, 1.165) is 5.92 Å². The lowest BCUT2D eigenvalue weighted by atomic mass is 9.89. The Balaban J connectivity index is 1.58. The minimum Gasteiger partial charge on any atom is -0.414 e. The molecular formula is C16H28N2OSi. The van der Waals surface area contributed by atoms with Crippen LogP contribution in [0.4, 0.5) is 0 Å². The molecule has 0 N–H and O–H groups in total. The molecule has 2 aliphatic carbocycles. The summed E-state index contributed by atoms with van der Waals surface area (Å²) < 4.78 is 8.91. The first-order chi connectivity index (χ1) is 9.28. The molecule has 3 rings (SSSR count). The van der Waals surface area contributed by atoms with Crippen molar-refractivity contribution in [2.45, 2.75) is 82.7 Å². The Labute approximate surface area is 123 Å². The summed E-state index contributed by atoms with van der Waals surface area (Å²) in [6.07, 6.45) is 9.60. The molecule has 0 amide bonds. The van der Waals surface area contributed by atoms with Crippen LogP contribution < -0.4 is 0 Å². The molecule has 0 spiro atoms. The van der Waals surface area contributed by atoms with Crippen LogP contribution in [-0.4, -0.2) is 24.0 Å². The second-order valence-corrected chi connectivity index (χ2v) is 12.8. The second-order valence-electron chi connectivity index (χ2n) is 8.09. The molecule has 112 valence electrons. The SMILES string of the molecule is CC(C)(C)[Si](C)(C)OC1CC(n2ccnc2C2CC2)C1. The second kappa shape index (κ2) is 4.70. The monoisotopic (exact) mass is 292 g/mol. The van der Waals surface area contributed by atoms with Gasteiger partial charge in [0.05, 0.1) is 0 Å². The van der Waals surface area contributed by atoms with Gasteiger partial charge in [0, 0.05) is 30.5 Å². The van der Waals surface area contributed by atoms with Gasteiger partial charge in [-0.05, 0) is 43.8 Å². The average Bonchev–Trinajstić information content (AvgIpc) is 3.01. The Morgan fingerprint density at radius 3 is 2.45 bits per heavy atom. The highest BCUT2D eigenvalue weighted by atomic mass is 28.4. The van der Waals surface area contributed by atoms with Crippen molar-refractivity contribution in [2.75, 3.05) is 0 Å². The Morgan fingerprint density at radius 1 is 1.25 bits per heavy atom. The first-order valence-electron chi connectivity index (χ1n) is 7.98. The number of aromatic nitrogens is 2. The van der Waals surface area contributed by atoms with Gasteiger partial charge in [-0.2, -0.15) is 0 Å². The van der Waals surface area contributed by atoms with E-state index in [1.165, 1.54) is 31.5 Å². The number of imidazole rings is 1. The maximum Gasteiger partial charge on any atom is 0.192 e. The minimum atomic E-state index is -1.60. The van der Waals surface area contributed by atoms with Gasteiger partial charge in [0.1, 0.15) is 5.82 Å². The predicted molar refractivity (Wildman–Crippen MR) is 84.5 cm³/mol. The maximum atomic E-state index is 6.49. The van der Waals surface area contributed by atoms with Gasteiger partial charge >= 0.3 is 0 Å². The van der Waals surface area contributed by atoms with Crippen LogP contribution in [-0.2, 0) is 4.43 Å². The Hall–Kier alpha value is -0.613. The lowest BCUT2D eigenvalue weighted by Crippen LogP contribution is -2.47. The van der Waals surface area contributed by atoms with E-state index in [4.69, 9.17) is 4.43 Å². The normalized spacial score (nSPS) is 27.4. The van der Waals surface area contributed by atoms with Crippen LogP contribution in [0.1, 0.15) is 64.2 Å². The van der Waals surface area contributed by atoms with Crippen LogP contribution >= 0.6 is 0 Å². The molecule has 0 bridgehead atoms. The van der Waals surface area contributed by atoms with E-state index in [-0.39, 0.29) is 0 Å². The van der Waals surface area contributed by atoms with Gasteiger partial charge in [-0.25, -0.2) is 4.98 Å². The van der Waals surface area contributed by atoms with Crippen LogP contribution in [0.2, 0.25) is 18.1 Å². The van der Waals surface area contributed by atoms with E-state index in [2.05, 4.69) is 49.6 Å². The molecule has 0 saturated heterocycles. The highest BCUT2D eigenvalue weighted by Gasteiger charge is 2.43. The van der Waals surface area contributed by atoms with Crippen molar-refractivity contribution in [2.24, 2.45) is 0 Å². The van der Waals surface area contributed by atoms with E-state index < -0.39 is 8.32 Å². The third kappa shape index (κ3) is 2.60. The largest absolute Gasteiger partial charge is 0.414 e. The topological polar surface area (TPSA) is 27.1 Å². The smallest absolute Gasteiger partial charge is 0.192 e. The van der Waals surface area contributed by atoms with Crippen molar-refractivity contribution in [3.63, 3.8) is 0 Å². The summed E-state index contributed by atoms with van der Waals surface area (Å²) in [7, 11) is -1.60. The Bertz CT molecular complexity index is 479. The molecule has 2 aliphatic rings.